The van der Waals surface area contributed by atoms with Crippen molar-refractivity contribution in [1.82, 2.24) is 9.97 Å². The lowest BCUT2D eigenvalue weighted by Gasteiger charge is -2.28. The zero-order valence-electron chi connectivity index (χ0n) is 9.94. The fourth-order valence-corrected chi connectivity index (χ4v) is 2.14. The first kappa shape index (κ1) is 11.2. The zero-order valence-corrected chi connectivity index (χ0v) is 9.94. The number of rotatable bonds is 3. The molecule has 0 spiro atoms. The number of anilines is 1. The van der Waals surface area contributed by atoms with Crippen molar-refractivity contribution in [3.63, 3.8) is 0 Å². The first-order valence-electron chi connectivity index (χ1n) is 5.97. The predicted octanol–water partition coefficient (Wildman–Crippen LogP) is 2.48. The molecule has 1 N–H and O–H groups in total. The smallest absolute Gasteiger partial charge is 0.225 e. The summed E-state index contributed by atoms with van der Waals surface area (Å²) in [7, 11) is 1.81. The summed E-state index contributed by atoms with van der Waals surface area (Å²) >= 11 is 0. The molecule has 0 bridgehead atoms. The van der Waals surface area contributed by atoms with Crippen LogP contribution in [0.5, 0.6) is 5.88 Å². The van der Waals surface area contributed by atoms with Crippen molar-refractivity contribution in [2.24, 2.45) is 5.92 Å². The normalized spacial score (nSPS) is 25.1. The van der Waals surface area contributed by atoms with Crippen LogP contribution in [0.15, 0.2) is 12.3 Å². The first-order valence-corrected chi connectivity index (χ1v) is 5.97. The fourth-order valence-electron chi connectivity index (χ4n) is 2.14. The fraction of sp³-hybridized carbons (Fsp3) is 0.667. The molecule has 0 saturated heterocycles. The number of nitrogens with one attached hydrogen (secondary N) is 1. The molecule has 0 aliphatic heterocycles. The summed E-state index contributed by atoms with van der Waals surface area (Å²) in [6, 6.07) is 1.82. The molecule has 1 aromatic heterocycles. The van der Waals surface area contributed by atoms with Gasteiger partial charge in [-0.05, 0) is 25.2 Å². The predicted molar refractivity (Wildman–Crippen MR) is 63.6 cm³/mol. The largest absolute Gasteiger partial charge is 0.474 e. The molecule has 2 unspecified atom stereocenters. The van der Waals surface area contributed by atoms with Crippen molar-refractivity contribution in [2.75, 3.05) is 12.4 Å². The maximum Gasteiger partial charge on any atom is 0.225 e. The van der Waals surface area contributed by atoms with Crippen LogP contribution >= 0.6 is 0 Å². The molecular weight excluding hydrogens is 202 g/mol. The minimum Gasteiger partial charge on any atom is -0.474 e. The topological polar surface area (TPSA) is 47.0 Å². The molecule has 0 amide bonds. The highest BCUT2D eigenvalue weighted by molar-refractivity contribution is 5.26. The van der Waals surface area contributed by atoms with E-state index in [-0.39, 0.29) is 0 Å². The van der Waals surface area contributed by atoms with Crippen LogP contribution in [0.2, 0.25) is 0 Å². The average Bonchev–Trinajstić information content (AvgIpc) is 2.32. The highest BCUT2D eigenvalue weighted by atomic mass is 16.5. The van der Waals surface area contributed by atoms with Crippen LogP contribution in [0.4, 0.5) is 5.95 Å². The Hall–Kier alpha value is -1.32. The maximum absolute atomic E-state index is 5.92. The zero-order chi connectivity index (χ0) is 11.4. The Morgan fingerprint density at radius 1 is 1.38 bits per heavy atom. The van der Waals surface area contributed by atoms with Gasteiger partial charge in [-0.25, -0.2) is 4.98 Å². The van der Waals surface area contributed by atoms with Gasteiger partial charge in [-0.3, -0.25) is 0 Å². The summed E-state index contributed by atoms with van der Waals surface area (Å²) in [5, 5.41) is 2.91. The Morgan fingerprint density at radius 3 is 2.94 bits per heavy atom. The van der Waals surface area contributed by atoms with Crippen molar-refractivity contribution in [3.05, 3.63) is 12.3 Å². The van der Waals surface area contributed by atoms with Gasteiger partial charge in [0.05, 0.1) is 0 Å². The van der Waals surface area contributed by atoms with Crippen LogP contribution in [0.1, 0.15) is 32.6 Å². The van der Waals surface area contributed by atoms with E-state index in [1.165, 1.54) is 19.3 Å². The van der Waals surface area contributed by atoms with E-state index in [1.54, 1.807) is 6.20 Å². The number of nitrogens with zero attached hydrogens (tertiary/aromatic N) is 2. The standard InChI is InChI=1S/C12H19N3O/c1-9-5-3-4-6-10(9)16-11-7-8-14-12(13-2)15-11/h7-10H,3-6H2,1-2H3,(H,13,14,15). The van der Waals surface area contributed by atoms with Gasteiger partial charge in [-0.2, -0.15) is 4.98 Å². The first-order chi connectivity index (χ1) is 7.79. The SMILES string of the molecule is CNc1nccc(OC2CCCCC2C)n1. The number of hydrogen-bond acceptors (Lipinski definition) is 4. The molecular formula is C12H19N3O. The van der Waals surface area contributed by atoms with E-state index in [0.29, 0.717) is 23.9 Å². The molecule has 0 radical (unpaired) electrons. The van der Waals surface area contributed by atoms with Gasteiger partial charge in [0, 0.05) is 19.3 Å². The highest BCUT2D eigenvalue weighted by Crippen LogP contribution is 2.27. The monoisotopic (exact) mass is 221 g/mol. The van der Waals surface area contributed by atoms with Crippen LogP contribution in [0.25, 0.3) is 0 Å². The van der Waals surface area contributed by atoms with Gasteiger partial charge in [-0.15, -0.1) is 0 Å². The van der Waals surface area contributed by atoms with Crippen molar-refractivity contribution in [1.29, 1.82) is 0 Å². The summed E-state index contributed by atoms with van der Waals surface area (Å²) in [6.07, 6.45) is 7.02. The van der Waals surface area contributed by atoms with E-state index in [1.807, 2.05) is 13.1 Å². The third-order valence-electron chi connectivity index (χ3n) is 3.16. The van der Waals surface area contributed by atoms with Gasteiger partial charge in [-0.1, -0.05) is 13.3 Å². The Balaban J connectivity index is 2.01. The third kappa shape index (κ3) is 2.62. The highest BCUT2D eigenvalue weighted by Gasteiger charge is 2.23. The number of aromatic nitrogens is 2. The third-order valence-corrected chi connectivity index (χ3v) is 3.16. The Kier molecular flexibility index (Phi) is 3.59. The summed E-state index contributed by atoms with van der Waals surface area (Å²) in [6.45, 7) is 2.25. The molecule has 16 heavy (non-hydrogen) atoms. The Bertz CT molecular complexity index is 343. The van der Waals surface area contributed by atoms with Crippen molar-refractivity contribution in [3.8, 4) is 5.88 Å². The number of hydrogen-bond donors (Lipinski definition) is 1. The molecule has 1 aromatic rings. The molecule has 0 aromatic carbocycles. The second-order valence-electron chi connectivity index (χ2n) is 4.39. The van der Waals surface area contributed by atoms with Gasteiger partial charge >= 0.3 is 0 Å². The maximum atomic E-state index is 5.92. The van der Waals surface area contributed by atoms with Crippen LogP contribution in [-0.4, -0.2) is 23.1 Å². The van der Waals surface area contributed by atoms with Gasteiger partial charge < -0.3 is 10.1 Å². The van der Waals surface area contributed by atoms with Gasteiger partial charge in [0.15, 0.2) is 0 Å². The van der Waals surface area contributed by atoms with E-state index < -0.39 is 0 Å². The molecule has 88 valence electrons. The molecule has 1 heterocycles. The molecule has 2 atom stereocenters. The van der Waals surface area contributed by atoms with E-state index >= 15 is 0 Å². The summed E-state index contributed by atoms with van der Waals surface area (Å²) in [5.74, 6) is 1.92. The second kappa shape index (κ2) is 5.14. The minimum atomic E-state index is 0.313. The van der Waals surface area contributed by atoms with Crippen LogP contribution in [-0.2, 0) is 0 Å². The lowest BCUT2D eigenvalue weighted by atomic mass is 9.88. The summed E-state index contributed by atoms with van der Waals surface area (Å²) in [5.41, 5.74) is 0. The van der Waals surface area contributed by atoms with Gasteiger partial charge in [0.2, 0.25) is 11.8 Å². The van der Waals surface area contributed by atoms with Crippen molar-refractivity contribution in [2.45, 2.75) is 38.7 Å². The van der Waals surface area contributed by atoms with Crippen LogP contribution in [0, 0.1) is 5.92 Å². The summed E-state index contributed by atoms with van der Waals surface area (Å²) in [4.78, 5) is 8.34. The molecule has 1 saturated carbocycles. The van der Waals surface area contributed by atoms with Crippen LogP contribution in [0.3, 0.4) is 0 Å². The van der Waals surface area contributed by atoms with E-state index in [0.717, 1.165) is 6.42 Å². The lowest BCUT2D eigenvalue weighted by Crippen LogP contribution is -2.28. The molecule has 4 heteroatoms. The molecule has 2 rings (SSSR count). The summed E-state index contributed by atoms with van der Waals surface area (Å²) < 4.78 is 5.92. The van der Waals surface area contributed by atoms with Crippen molar-refractivity contribution >= 4 is 5.95 Å². The van der Waals surface area contributed by atoms with Crippen molar-refractivity contribution < 1.29 is 4.74 Å². The molecule has 4 nitrogen and oxygen atoms in total. The minimum absolute atomic E-state index is 0.313. The van der Waals surface area contributed by atoms with Crippen LogP contribution < -0.4 is 10.1 Å². The quantitative estimate of drug-likeness (QED) is 0.851. The Labute approximate surface area is 96.4 Å². The Morgan fingerprint density at radius 2 is 2.19 bits per heavy atom. The van der Waals surface area contributed by atoms with Gasteiger partial charge in [0.1, 0.15) is 6.10 Å². The van der Waals surface area contributed by atoms with E-state index in [2.05, 4.69) is 22.2 Å². The molecule has 1 aliphatic rings. The second-order valence-corrected chi connectivity index (χ2v) is 4.39. The van der Waals surface area contributed by atoms with Gasteiger partial charge in [0.25, 0.3) is 0 Å². The van der Waals surface area contributed by atoms with E-state index in [9.17, 15) is 0 Å². The average molecular weight is 221 g/mol. The molecule has 1 fully saturated rings. The van der Waals surface area contributed by atoms with E-state index in [4.69, 9.17) is 4.74 Å². The lowest BCUT2D eigenvalue weighted by molar-refractivity contribution is 0.0976. The number of ether oxygens (including phenoxy) is 1. The molecule has 1 aliphatic carbocycles.